The summed E-state index contributed by atoms with van der Waals surface area (Å²) in [6, 6.07) is 6.02. The van der Waals surface area contributed by atoms with Gasteiger partial charge in [-0.05, 0) is 45.4 Å². The van der Waals surface area contributed by atoms with Gasteiger partial charge in [0.25, 0.3) is 0 Å². The highest BCUT2D eigenvalue weighted by Gasteiger charge is 2.23. The summed E-state index contributed by atoms with van der Waals surface area (Å²) in [5.74, 6) is 0.919. The van der Waals surface area contributed by atoms with Crippen LogP contribution in [0.2, 0.25) is 0 Å². The van der Waals surface area contributed by atoms with Crippen LogP contribution in [0.15, 0.2) is 18.2 Å². The van der Waals surface area contributed by atoms with Gasteiger partial charge >= 0.3 is 5.97 Å². The van der Waals surface area contributed by atoms with Crippen molar-refractivity contribution in [2.75, 3.05) is 38.7 Å². The van der Waals surface area contributed by atoms with E-state index in [4.69, 9.17) is 19.8 Å². The largest absolute Gasteiger partial charge is 0.497 e. The van der Waals surface area contributed by atoms with Crippen LogP contribution in [0.25, 0.3) is 11.0 Å². The third-order valence-corrected chi connectivity index (χ3v) is 5.03. The molecule has 1 fully saturated rings. The Labute approximate surface area is 153 Å². The topological polar surface area (TPSA) is 78.8 Å². The van der Waals surface area contributed by atoms with E-state index >= 15 is 0 Å². The van der Waals surface area contributed by atoms with E-state index in [9.17, 15) is 4.79 Å². The highest BCUT2D eigenvalue weighted by Crippen LogP contribution is 2.26. The molecule has 1 aromatic carbocycles. The molecule has 140 valence electrons. The second kappa shape index (κ2) is 7.86. The molecule has 0 bridgehead atoms. The van der Waals surface area contributed by atoms with Crippen molar-refractivity contribution in [3.8, 4) is 5.75 Å². The number of nitrogens with zero attached hydrogens (tertiary/aromatic N) is 4. The molecule has 0 radical (unpaired) electrons. The lowest BCUT2D eigenvalue weighted by Crippen LogP contribution is -2.36. The SMILES string of the molecule is COc1ccc2nc(N3CCCC(N(C)CC(=O)O)CC3)c(C)nc2c1. The molecule has 0 amide bonds. The van der Waals surface area contributed by atoms with Crippen LogP contribution in [0.5, 0.6) is 5.75 Å². The van der Waals surface area contributed by atoms with Crippen LogP contribution in [-0.2, 0) is 4.79 Å². The lowest BCUT2D eigenvalue weighted by Gasteiger charge is -2.26. The van der Waals surface area contributed by atoms with Crippen molar-refractivity contribution < 1.29 is 14.6 Å². The number of carbonyl (C=O) groups is 1. The van der Waals surface area contributed by atoms with Gasteiger partial charge in [0, 0.05) is 25.2 Å². The number of aliphatic carboxylic acids is 1. The number of fused-ring (bicyclic) bond motifs is 1. The van der Waals surface area contributed by atoms with Gasteiger partial charge in [0.15, 0.2) is 5.82 Å². The third-order valence-electron chi connectivity index (χ3n) is 5.03. The maximum Gasteiger partial charge on any atom is 0.317 e. The van der Waals surface area contributed by atoms with Gasteiger partial charge in [-0.25, -0.2) is 9.97 Å². The van der Waals surface area contributed by atoms with Gasteiger partial charge in [-0.3, -0.25) is 9.69 Å². The number of benzene rings is 1. The summed E-state index contributed by atoms with van der Waals surface area (Å²) < 4.78 is 5.26. The normalized spacial score (nSPS) is 18.2. The summed E-state index contributed by atoms with van der Waals surface area (Å²) in [6.07, 6.45) is 2.93. The third kappa shape index (κ3) is 4.04. The summed E-state index contributed by atoms with van der Waals surface area (Å²) in [7, 11) is 3.54. The summed E-state index contributed by atoms with van der Waals surface area (Å²) >= 11 is 0. The van der Waals surface area contributed by atoms with Crippen molar-refractivity contribution in [2.24, 2.45) is 0 Å². The monoisotopic (exact) mass is 358 g/mol. The molecule has 1 aromatic heterocycles. The van der Waals surface area contributed by atoms with Gasteiger partial charge in [0.05, 0.1) is 30.4 Å². The fourth-order valence-electron chi connectivity index (χ4n) is 3.61. The second-order valence-corrected chi connectivity index (χ2v) is 6.87. The molecule has 7 heteroatoms. The van der Waals surface area contributed by atoms with E-state index in [2.05, 4.69) is 4.90 Å². The number of rotatable bonds is 5. The van der Waals surface area contributed by atoms with E-state index < -0.39 is 5.97 Å². The van der Waals surface area contributed by atoms with Crippen molar-refractivity contribution >= 4 is 22.8 Å². The summed E-state index contributed by atoms with van der Waals surface area (Å²) in [4.78, 5) is 24.7. The number of ether oxygens (including phenoxy) is 1. The number of carboxylic acids is 1. The molecule has 1 N–H and O–H groups in total. The van der Waals surface area contributed by atoms with Gasteiger partial charge in [-0.1, -0.05) is 0 Å². The molecule has 2 heterocycles. The minimum absolute atomic E-state index is 0.0846. The number of aryl methyl sites for hydroxylation is 1. The first-order valence-electron chi connectivity index (χ1n) is 8.97. The molecule has 1 unspecified atom stereocenters. The van der Waals surface area contributed by atoms with Crippen molar-refractivity contribution in [1.29, 1.82) is 0 Å². The molecule has 0 spiro atoms. The van der Waals surface area contributed by atoms with Gasteiger partial charge in [0.1, 0.15) is 5.75 Å². The van der Waals surface area contributed by atoms with E-state index in [0.717, 1.165) is 60.6 Å². The fraction of sp³-hybridized carbons (Fsp3) is 0.526. The average Bonchev–Trinajstić information content (AvgIpc) is 2.86. The Hall–Kier alpha value is -2.41. The van der Waals surface area contributed by atoms with Crippen molar-refractivity contribution in [2.45, 2.75) is 32.2 Å². The van der Waals surface area contributed by atoms with Crippen LogP contribution in [-0.4, -0.2) is 65.8 Å². The molecule has 1 aliphatic heterocycles. The molecule has 1 atom stereocenters. The highest BCUT2D eigenvalue weighted by atomic mass is 16.5. The van der Waals surface area contributed by atoms with Gasteiger partial charge < -0.3 is 14.7 Å². The average molecular weight is 358 g/mol. The first kappa shape index (κ1) is 18.4. The molecule has 1 aliphatic rings. The van der Waals surface area contributed by atoms with Crippen LogP contribution in [0.1, 0.15) is 25.0 Å². The van der Waals surface area contributed by atoms with Crippen LogP contribution in [0.4, 0.5) is 5.82 Å². The van der Waals surface area contributed by atoms with E-state index in [1.807, 2.05) is 37.1 Å². The van der Waals surface area contributed by atoms with Gasteiger partial charge in [-0.2, -0.15) is 0 Å². The summed E-state index contributed by atoms with van der Waals surface area (Å²) in [6.45, 7) is 3.84. The Kier molecular flexibility index (Phi) is 5.56. The smallest absolute Gasteiger partial charge is 0.317 e. The standard InChI is InChI=1S/C19H26N4O3/c1-13-19(21-16-7-6-15(26-3)11-17(16)20-13)23-9-4-5-14(8-10-23)22(2)12-18(24)25/h6-7,11,14H,4-5,8-10,12H2,1-3H3,(H,24,25). The Morgan fingerprint density at radius 3 is 2.85 bits per heavy atom. The molecule has 26 heavy (non-hydrogen) atoms. The van der Waals surface area contributed by atoms with Gasteiger partial charge in [-0.15, -0.1) is 0 Å². The zero-order chi connectivity index (χ0) is 18.7. The number of aromatic nitrogens is 2. The molecule has 7 nitrogen and oxygen atoms in total. The first-order chi connectivity index (χ1) is 12.5. The Morgan fingerprint density at radius 2 is 2.12 bits per heavy atom. The molecule has 2 aromatic rings. The van der Waals surface area contributed by atoms with Gasteiger partial charge in [0.2, 0.25) is 0 Å². The minimum Gasteiger partial charge on any atom is -0.497 e. The molecule has 0 aliphatic carbocycles. The number of anilines is 1. The predicted octanol–water partition coefficient (Wildman–Crippen LogP) is 2.32. The van der Waals surface area contributed by atoms with Crippen LogP contribution >= 0.6 is 0 Å². The number of likely N-dealkylation sites (N-methyl/N-ethyl adjacent to an activating group) is 1. The first-order valence-corrected chi connectivity index (χ1v) is 8.97. The van der Waals surface area contributed by atoms with Crippen molar-refractivity contribution in [3.63, 3.8) is 0 Å². The van der Waals surface area contributed by atoms with Crippen molar-refractivity contribution in [3.05, 3.63) is 23.9 Å². The fourth-order valence-corrected chi connectivity index (χ4v) is 3.61. The second-order valence-electron chi connectivity index (χ2n) is 6.87. The maximum absolute atomic E-state index is 11.0. The number of hydrogen-bond donors (Lipinski definition) is 1. The molecular weight excluding hydrogens is 332 g/mol. The lowest BCUT2D eigenvalue weighted by atomic mass is 10.1. The zero-order valence-electron chi connectivity index (χ0n) is 15.6. The molecular formula is C19H26N4O3. The highest BCUT2D eigenvalue weighted by molar-refractivity contribution is 5.78. The number of hydrogen-bond acceptors (Lipinski definition) is 6. The Balaban J connectivity index is 1.78. The predicted molar refractivity (Wildman–Crippen MR) is 101 cm³/mol. The quantitative estimate of drug-likeness (QED) is 0.879. The Morgan fingerprint density at radius 1 is 1.31 bits per heavy atom. The van der Waals surface area contributed by atoms with Crippen LogP contribution in [0, 0.1) is 6.92 Å². The zero-order valence-corrected chi connectivity index (χ0v) is 15.6. The minimum atomic E-state index is -0.778. The summed E-state index contributed by atoms with van der Waals surface area (Å²) in [5.41, 5.74) is 2.60. The van der Waals surface area contributed by atoms with E-state index in [1.54, 1.807) is 7.11 Å². The van der Waals surface area contributed by atoms with E-state index in [1.165, 1.54) is 0 Å². The van der Waals surface area contributed by atoms with Crippen LogP contribution < -0.4 is 9.64 Å². The van der Waals surface area contributed by atoms with Crippen molar-refractivity contribution in [1.82, 2.24) is 14.9 Å². The van der Waals surface area contributed by atoms with E-state index in [0.29, 0.717) is 0 Å². The summed E-state index contributed by atoms with van der Waals surface area (Å²) in [5, 5.41) is 9.01. The van der Waals surface area contributed by atoms with E-state index in [-0.39, 0.29) is 12.6 Å². The lowest BCUT2D eigenvalue weighted by molar-refractivity contribution is -0.138. The maximum atomic E-state index is 11.0. The van der Waals surface area contributed by atoms with Crippen LogP contribution in [0.3, 0.4) is 0 Å². The Bertz CT molecular complexity index is 796. The molecule has 1 saturated heterocycles. The molecule has 0 saturated carbocycles. The number of carboxylic acid groups (broad SMARTS) is 1. The number of methoxy groups -OCH3 is 1. The molecule has 3 rings (SSSR count).